The number of hydrogen-bond acceptors (Lipinski definition) is 2. The molecule has 1 aromatic heterocycles. The van der Waals surface area contributed by atoms with Crippen LogP contribution in [0.3, 0.4) is 0 Å². The highest BCUT2D eigenvalue weighted by atomic mass is 35.5. The fourth-order valence-corrected chi connectivity index (χ4v) is 2.30. The molecule has 2 rings (SSSR count). The molecular formula is C12H5Cl4NO2. The van der Waals surface area contributed by atoms with Gasteiger partial charge in [-0.2, -0.15) is 0 Å². The highest BCUT2D eigenvalue weighted by molar-refractivity contribution is 6.44. The number of nitrogens with zero attached hydrogens (tertiary/aromatic N) is 1. The van der Waals surface area contributed by atoms with Crippen molar-refractivity contribution in [2.24, 2.45) is 0 Å². The van der Waals surface area contributed by atoms with E-state index in [2.05, 4.69) is 4.98 Å². The van der Waals surface area contributed by atoms with Crippen LogP contribution in [0.15, 0.2) is 24.3 Å². The summed E-state index contributed by atoms with van der Waals surface area (Å²) in [5.41, 5.74) is 0.476. The first-order chi connectivity index (χ1) is 8.90. The molecule has 0 amide bonds. The van der Waals surface area contributed by atoms with Gasteiger partial charge >= 0.3 is 5.97 Å². The zero-order chi connectivity index (χ0) is 14.2. The van der Waals surface area contributed by atoms with Gasteiger partial charge in [-0.3, -0.25) is 0 Å². The number of benzene rings is 1. The van der Waals surface area contributed by atoms with Gasteiger partial charge in [-0.25, -0.2) is 9.78 Å². The maximum Gasteiger partial charge on any atom is 0.337 e. The minimum Gasteiger partial charge on any atom is -0.478 e. The Morgan fingerprint density at radius 3 is 2.26 bits per heavy atom. The maximum atomic E-state index is 11.2. The summed E-state index contributed by atoms with van der Waals surface area (Å²) < 4.78 is 0. The van der Waals surface area contributed by atoms with Crippen LogP contribution in [0.2, 0.25) is 20.2 Å². The molecule has 0 unspecified atom stereocenters. The topological polar surface area (TPSA) is 50.2 Å². The molecule has 0 saturated heterocycles. The van der Waals surface area contributed by atoms with Gasteiger partial charge in [-0.05, 0) is 24.3 Å². The first-order valence-corrected chi connectivity index (χ1v) is 6.46. The number of carboxylic acid groups (broad SMARTS) is 1. The maximum absolute atomic E-state index is 11.2. The van der Waals surface area contributed by atoms with E-state index < -0.39 is 5.97 Å². The fourth-order valence-electron chi connectivity index (χ4n) is 1.52. The average Bonchev–Trinajstić information content (AvgIpc) is 2.33. The Morgan fingerprint density at radius 1 is 1.00 bits per heavy atom. The van der Waals surface area contributed by atoms with Gasteiger partial charge in [0.15, 0.2) is 0 Å². The lowest BCUT2D eigenvalue weighted by Gasteiger charge is -2.09. The Morgan fingerprint density at radius 2 is 1.63 bits per heavy atom. The van der Waals surface area contributed by atoms with Gasteiger partial charge in [0.05, 0.1) is 26.3 Å². The van der Waals surface area contributed by atoms with Crippen molar-refractivity contribution in [3.63, 3.8) is 0 Å². The Kier molecular flexibility index (Phi) is 4.21. The Balaban J connectivity index is 2.74. The summed E-state index contributed by atoms with van der Waals surface area (Å²) in [5.74, 6) is -1.14. The molecule has 1 heterocycles. The highest BCUT2D eigenvalue weighted by Gasteiger charge is 2.17. The predicted molar refractivity (Wildman–Crippen MR) is 76.7 cm³/mol. The van der Waals surface area contributed by atoms with Crippen molar-refractivity contribution in [1.82, 2.24) is 4.98 Å². The molecule has 98 valence electrons. The molecule has 0 aliphatic rings. The van der Waals surface area contributed by atoms with Gasteiger partial charge in [0, 0.05) is 5.56 Å². The highest BCUT2D eigenvalue weighted by Crippen LogP contribution is 2.36. The van der Waals surface area contributed by atoms with Crippen LogP contribution in [0, 0.1) is 0 Å². The minimum atomic E-state index is -1.14. The van der Waals surface area contributed by atoms with Crippen LogP contribution in [-0.4, -0.2) is 16.1 Å². The second-order valence-corrected chi connectivity index (χ2v) is 5.19. The van der Waals surface area contributed by atoms with Crippen LogP contribution in [0.1, 0.15) is 10.4 Å². The number of rotatable bonds is 2. The summed E-state index contributed by atoms with van der Waals surface area (Å²) >= 11 is 23.6. The summed E-state index contributed by atoms with van der Waals surface area (Å²) in [5, 5.41) is 10.1. The van der Waals surface area contributed by atoms with Crippen molar-refractivity contribution in [3.8, 4) is 11.3 Å². The molecule has 1 aromatic carbocycles. The number of carboxylic acids is 1. The van der Waals surface area contributed by atoms with Crippen LogP contribution in [-0.2, 0) is 0 Å². The summed E-state index contributed by atoms with van der Waals surface area (Å²) in [4.78, 5) is 15.2. The van der Waals surface area contributed by atoms with E-state index in [1.165, 1.54) is 24.3 Å². The molecule has 0 aliphatic carbocycles. The van der Waals surface area contributed by atoms with E-state index in [4.69, 9.17) is 51.5 Å². The SMILES string of the molecule is O=C(O)c1ccc(Cl)nc1-c1cc(Cl)c(Cl)cc1Cl. The van der Waals surface area contributed by atoms with Crippen LogP contribution in [0.25, 0.3) is 11.3 Å². The lowest BCUT2D eigenvalue weighted by Crippen LogP contribution is -2.02. The molecule has 0 aliphatic heterocycles. The van der Waals surface area contributed by atoms with E-state index in [0.717, 1.165) is 0 Å². The molecular weight excluding hydrogens is 332 g/mol. The fraction of sp³-hybridized carbons (Fsp3) is 0. The third-order valence-corrected chi connectivity index (χ3v) is 3.60. The van der Waals surface area contributed by atoms with Crippen LogP contribution in [0.5, 0.6) is 0 Å². The van der Waals surface area contributed by atoms with E-state index in [-0.39, 0.29) is 31.5 Å². The smallest absolute Gasteiger partial charge is 0.337 e. The molecule has 0 spiro atoms. The van der Waals surface area contributed by atoms with Crippen molar-refractivity contribution in [3.05, 3.63) is 50.0 Å². The van der Waals surface area contributed by atoms with Gasteiger partial charge in [-0.1, -0.05) is 46.4 Å². The zero-order valence-electron chi connectivity index (χ0n) is 9.12. The van der Waals surface area contributed by atoms with Crippen molar-refractivity contribution in [2.75, 3.05) is 0 Å². The van der Waals surface area contributed by atoms with E-state index in [9.17, 15) is 4.79 Å². The van der Waals surface area contributed by atoms with E-state index in [0.29, 0.717) is 5.56 Å². The van der Waals surface area contributed by atoms with Crippen molar-refractivity contribution < 1.29 is 9.90 Å². The van der Waals surface area contributed by atoms with Crippen LogP contribution < -0.4 is 0 Å². The molecule has 0 atom stereocenters. The molecule has 1 N–H and O–H groups in total. The zero-order valence-corrected chi connectivity index (χ0v) is 12.1. The monoisotopic (exact) mass is 335 g/mol. The molecule has 19 heavy (non-hydrogen) atoms. The third-order valence-electron chi connectivity index (χ3n) is 2.36. The molecule has 0 fully saturated rings. The first kappa shape index (κ1) is 14.4. The van der Waals surface area contributed by atoms with Gasteiger partial charge < -0.3 is 5.11 Å². The number of pyridine rings is 1. The van der Waals surface area contributed by atoms with E-state index in [1.807, 2.05) is 0 Å². The van der Waals surface area contributed by atoms with Crippen molar-refractivity contribution >= 4 is 52.4 Å². The molecule has 0 saturated carbocycles. The third kappa shape index (κ3) is 2.95. The number of aromatic carboxylic acids is 1. The summed E-state index contributed by atoms with van der Waals surface area (Å²) in [6.45, 7) is 0. The molecule has 7 heteroatoms. The number of carbonyl (C=O) groups is 1. The Hall–Kier alpha value is -1.000. The summed E-state index contributed by atoms with van der Waals surface area (Å²) in [6, 6.07) is 5.62. The van der Waals surface area contributed by atoms with Gasteiger partial charge in [-0.15, -0.1) is 0 Å². The first-order valence-electron chi connectivity index (χ1n) is 4.95. The van der Waals surface area contributed by atoms with Gasteiger partial charge in [0.2, 0.25) is 0 Å². The number of aromatic nitrogens is 1. The quantitative estimate of drug-likeness (QED) is 0.616. The van der Waals surface area contributed by atoms with Crippen molar-refractivity contribution in [2.45, 2.75) is 0 Å². The standard InChI is InChI=1S/C12H5Cl4NO2/c13-7-4-9(15)8(14)3-6(7)11-5(12(18)19)1-2-10(16)17-11/h1-4H,(H,18,19). The molecule has 3 nitrogen and oxygen atoms in total. The second-order valence-electron chi connectivity index (χ2n) is 3.58. The van der Waals surface area contributed by atoms with Gasteiger partial charge in [0.25, 0.3) is 0 Å². The van der Waals surface area contributed by atoms with Crippen LogP contribution in [0.4, 0.5) is 0 Å². The predicted octanol–water partition coefficient (Wildman–Crippen LogP) is 5.06. The lowest BCUT2D eigenvalue weighted by atomic mass is 10.1. The average molecular weight is 337 g/mol. The van der Waals surface area contributed by atoms with E-state index in [1.54, 1.807) is 0 Å². The van der Waals surface area contributed by atoms with Gasteiger partial charge in [0.1, 0.15) is 5.15 Å². The second kappa shape index (κ2) is 5.55. The van der Waals surface area contributed by atoms with E-state index >= 15 is 0 Å². The molecule has 0 radical (unpaired) electrons. The summed E-state index contributed by atoms with van der Waals surface area (Å²) in [6.07, 6.45) is 0. The Labute approximate surface area is 128 Å². The number of hydrogen-bond donors (Lipinski definition) is 1. The van der Waals surface area contributed by atoms with Crippen molar-refractivity contribution in [1.29, 1.82) is 0 Å². The summed E-state index contributed by atoms with van der Waals surface area (Å²) in [7, 11) is 0. The normalized spacial score (nSPS) is 10.5. The number of halogens is 4. The molecule has 2 aromatic rings. The van der Waals surface area contributed by atoms with Crippen LogP contribution >= 0.6 is 46.4 Å². The Bertz CT molecular complexity index is 673. The minimum absolute atomic E-state index is 0.0234. The lowest BCUT2D eigenvalue weighted by molar-refractivity contribution is 0.0697. The molecule has 0 bridgehead atoms. The largest absolute Gasteiger partial charge is 0.478 e.